The van der Waals surface area contributed by atoms with Crippen LogP contribution in [0, 0.1) is 6.92 Å². The van der Waals surface area contributed by atoms with E-state index >= 15 is 0 Å². The monoisotopic (exact) mass is 511 g/mol. The van der Waals surface area contributed by atoms with Gasteiger partial charge in [-0.3, -0.25) is 14.4 Å². The zero-order valence-electron chi connectivity index (χ0n) is 22.9. The summed E-state index contributed by atoms with van der Waals surface area (Å²) < 4.78 is 0. The molecule has 2 N–H and O–H groups in total. The maximum atomic E-state index is 13.3. The second kappa shape index (κ2) is 11.2. The molecule has 0 radical (unpaired) electrons. The van der Waals surface area contributed by atoms with Crippen molar-refractivity contribution in [1.29, 1.82) is 0 Å². The van der Waals surface area contributed by atoms with Gasteiger partial charge in [-0.1, -0.05) is 52.5 Å². The van der Waals surface area contributed by atoms with Gasteiger partial charge in [0.05, 0.1) is 11.7 Å². The van der Waals surface area contributed by atoms with Crippen molar-refractivity contribution < 1.29 is 14.4 Å². The summed E-state index contributed by atoms with van der Waals surface area (Å²) in [7, 11) is 0. The number of carbonyl (C=O) groups is 3. The number of nitrogens with one attached hydrogen (secondary N) is 2. The summed E-state index contributed by atoms with van der Waals surface area (Å²) in [4.78, 5) is 39.4. The normalized spacial score (nSPS) is 15.7. The molecule has 0 aromatic heterocycles. The van der Waals surface area contributed by atoms with Crippen molar-refractivity contribution in [2.24, 2.45) is 0 Å². The second-order valence-electron chi connectivity index (χ2n) is 10.8. The Balaban J connectivity index is 1.56. The number of allylic oxidation sites excluding steroid dienone is 4. The summed E-state index contributed by atoms with van der Waals surface area (Å²) in [6, 6.07) is 12.0. The lowest BCUT2D eigenvalue weighted by Gasteiger charge is -2.40. The van der Waals surface area contributed by atoms with Gasteiger partial charge in [0.25, 0.3) is 5.91 Å². The van der Waals surface area contributed by atoms with Gasteiger partial charge in [0.1, 0.15) is 0 Å². The first-order chi connectivity index (χ1) is 18.0. The van der Waals surface area contributed by atoms with Crippen LogP contribution in [0.4, 0.5) is 5.69 Å². The topological polar surface area (TPSA) is 78.5 Å². The fourth-order valence-electron chi connectivity index (χ4n) is 4.92. The minimum atomic E-state index is -0.165. The van der Waals surface area contributed by atoms with Crippen LogP contribution in [0.25, 0.3) is 5.57 Å². The molecule has 2 aromatic rings. The van der Waals surface area contributed by atoms with Crippen LogP contribution in [-0.4, -0.2) is 41.6 Å². The maximum Gasteiger partial charge on any atom is 0.255 e. The smallest absolute Gasteiger partial charge is 0.255 e. The van der Waals surface area contributed by atoms with Crippen molar-refractivity contribution in [3.8, 4) is 0 Å². The van der Waals surface area contributed by atoms with E-state index in [1.165, 1.54) is 11.6 Å². The van der Waals surface area contributed by atoms with E-state index in [0.29, 0.717) is 30.3 Å². The van der Waals surface area contributed by atoms with Crippen molar-refractivity contribution in [2.75, 3.05) is 18.4 Å². The van der Waals surface area contributed by atoms with E-state index in [0.717, 1.165) is 28.0 Å². The molecule has 2 aromatic carbocycles. The van der Waals surface area contributed by atoms with E-state index in [9.17, 15) is 14.4 Å². The van der Waals surface area contributed by atoms with Crippen molar-refractivity contribution in [2.45, 2.75) is 58.9 Å². The van der Waals surface area contributed by atoms with E-state index in [2.05, 4.69) is 64.0 Å². The Morgan fingerprint density at radius 3 is 2.42 bits per heavy atom. The molecule has 0 unspecified atom stereocenters. The van der Waals surface area contributed by atoms with Crippen molar-refractivity contribution in [3.05, 3.63) is 94.7 Å². The zero-order valence-corrected chi connectivity index (χ0v) is 22.9. The van der Waals surface area contributed by atoms with E-state index in [4.69, 9.17) is 0 Å². The highest BCUT2D eigenvalue weighted by atomic mass is 16.2. The van der Waals surface area contributed by atoms with Crippen LogP contribution in [-0.2, 0) is 9.59 Å². The molecule has 0 atom stereocenters. The zero-order chi connectivity index (χ0) is 27.6. The fourth-order valence-corrected chi connectivity index (χ4v) is 4.92. The number of nitrogens with zero attached hydrogens (tertiary/aromatic N) is 1. The van der Waals surface area contributed by atoms with Gasteiger partial charge in [-0.15, -0.1) is 0 Å². The van der Waals surface area contributed by atoms with Gasteiger partial charge in [0, 0.05) is 30.8 Å². The van der Waals surface area contributed by atoms with Gasteiger partial charge in [-0.05, 0) is 83.0 Å². The predicted octanol–water partition coefficient (Wildman–Crippen LogP) is 5.72. The van der Waals surface area contributed by atoms with Crippen LogP contribution in [0.15, 0.2) is 66.9 Å². The molecule has 1 fully saturated rings. The second-order valence-corrected chi connectivity index (χ2v) is 10.8. The number of Topliss-reactive ketones (excluding diaryl/α,β-unsaturated/α-hetero) is 1. The van der Waals surface area contributed by atoms with Crippen LogP contribution in [0.5, 0.6) is 0 Å². The average molecular weight is 512 g/mol. The molecule has 6 nitrogen and oxygen atoms in total. The number of hydrogen-bond acceptors (Lipinski definition) is 4. The van der Waals surface area contributed by atoms with Crippen molar-refractivity contribution >= 4 is 28.9 Å². The first-order valence-corrected chi connectivity index (χ1v) is 13.3. The molecule has 1 heterocycles. The van der Waals surface area contributed by atoms with Crippen LogP contribution in [0.3, 0.4) is 0 Å². The first kappa shape index (κ1) is 27.1. The molecule has 4 rings (SSSR count). The SMILES string of the molecule is C=CC(=O)N1CC(NC2=CC(c3cc(C(=O)Nc4ccc(C(C)C)c(C)c4)cc(C(C)C)c3)=CCC2=O)C1. The van der Waals surface area contributed by atoms with E-state index < -0.39 is 0 Å². The summed E-state index contributed by atoms with van der Waals surface area (Å²) >= 11 is 0. The Labute approximate surface area is 225 Å². The van der Waals surface area contributed by atoms with Crippen molar-refractivity contribution in [3.63, 3.8) is 0 Å². The Kier molecular flexibility index (Phi) is 8.00. The molecule has 38 heavy (non-hydrogen) atoms. The van der Waals surface area contributed by atoms with Gasteiger partial charge in [-0.25, -0.2) is 0 Å². The Bertz CT molecular complexity index is 1340. The minimum Gasteiger partial charge on any atom is -0.376 e. The lowest BCUT2D eigenvalue weighted by Crippen LogP contribution is -2.59. The number of carbonyl (C=O) groups excluding carboxylic acids is 3. The Morgan fingerprint density at radius 2 is 1.79 bits per heavy atom. The molecular weight excluding hydrogens is 474 g/mol. The van der Waals surface area contributed by atoms with Crippen molar-refractivity contribution in [1.82, 2.24) is 10.2 Å². The third kappa shape index (κ3) is 5.96. The maximum absolute atomic E-state index is 13.3. The molecule has 198 valence electrons. The van der Waals surface area contributed by atoms with Gasteiger partial charge < -0.3 is 15.5 Å². The third-order valence-corrected chi connectivity index (χ3v) is 7.20. The summed E-state index contributed by atoms with van der Waals surface area (Å²) in [5, 5.41) is 6.36. The van der Waals surface area contributed by atoms with E-state index in [1.54, 1.807) is 4.90 Å². The van der Waals surface area contributed by atoms with Crippen LogP contribution >= 0.6 is 0 Å². The molecule has 2 aliphatic rings. The van der Waals surface area contributed by atoms with Crippen LogP contribution in [0.1, 0.15) is 78.6 Å². The summed E-state index contributed by atoms with van der Waals surface area (Å²) in [6.07, 6.45) is 5.36. The van der Waals surface area contributed by atoms with Gasteiger partial charge in [-0.2, -0.15) is 0 Å². The van der Waals surface area contributed by atoms with Crippen LogP contribution < -0.4 is 10.6 Å². The molecule has 0 spiro atoms. The molecule has 2 amide bonds. The number of amides is 2. The lowest BCUT2D eigenvalue weighted by atomic mass is 9.91. The average Bonchev–Trinajstić information content (AvgIpc) is 2.86. The predicted molar refractivity (Wildman–Crippen MR) is 153 cm³/mol. The van der Waals surface area contributed by atoms with Gasteiger partial charge in [0.2, 0.25) is 5.91 Å². The molecule has 0 bridgehead atoms. The number of likely N-dealkylation sites (tertiary alicyclic amines) is 1. The third-order valence-electron chi connectivity index (χ3n) is 7.20. The first-order valence-electron chi connectivity index (χ1n) is 13.3. The highest BCUT2D eigenvalue weighted by molar-refractivity contribution is 6.06. The minimum absolute atomic E-state index is 0.0143. The highest BCUT2D eigenvalue weighted by Gasteiger charge is 2.31. The molecular formula is C32H37N3O3. The Morgan fingerprint density at radius 1 is 1.05 bits per heavy atom. The Hall–Kier alpha value is -3.93. The number of benzene rings is 2. The molecule has 0 saturated carbocycles. The van der Waals surface area contributed by atoms with Gasteiger partial charge in [0.15, 0.2) is 5.78 Å². The largest absolute Gasteiger partial charge is 0.376 e. The molecule has 1 aliphatic heterocycles. The quantitative estimate of drug-likeness (QED) is 0.444. The lowest BCUT2D eigenvalue weighted by molar-refractivity contribution is -0.130. The standard InChI is InChI=1S/C32H37N3O3/c1-7-31(37)35-17-27(18-35)33-29-16-22(8-11-30(29)36)24-13-23(19(2)3)14-25(15-24)32(38)34-26-9-10-28(20(4)5)21(6)12-26/h7-10,12-16,19-20,27,33H,1,11,17-18H2,2-6H3,(H,34,38). The molecule has 1 aliphatic carbocycles. The van der Waals surface area contributed by atoms with E-state index in [-0.39, 0.29) is 36.0 Å². The number of anilines is 1. The number of rotatable bonds is 8. The molecule has 6 heteroatoms. The number of hydrogen-bond donors (Lipinski definition) is 2. The number of aryl methyl sites for hydroxylation is 1. The highest BCUT2D eigenvalue weighted by Crippen LogP contribution is 2.29. The summed E-state index contributed by atoms with van der Waals surface area (Å²) in [5.74, 6) is 0.396. The van der Waals surface area contributed by atoms with Gasteiger partial charge >= 0.3 is 0 Å². The summed E-state index contributed by atoms with van der Waals surface area (Å²) in [5.41, 5.74) is 7.17. The fraction of sp³-hybridized carbons (Fsp3) is 0.344. The van der Waals surface area contributed by atoms with Crippen LogP contribution in [0.2, 0.25) is 0 Å². The molecule has 1 saturated heterocycles. The number of ketones is 1. The summed E-state index contributed by atoms with van der Waals surface area (Å²) in [6.45, 7) is 15.2. The van der Waals surface area contributed by atoms with E-state index in [1.807, 2.05) is 36.4 Å².